The van der Waals surface area contributed by atoms with Gasteiger partial charge in [-0.25, -0.2) is 4.39 Å². The van der Waals surface area contributed by atoms with Crippen molar-refractivity contribution in [2.45, 2.75) is 25.7 Å². The van der Waals surface area contributed by atoms with Crippen LogP contribution in [0.2, 0.25) is 0 Å². The summed E-state index contributed by atoms with van der Waals surface area (Å²) < 4.78 is 13.8. The first kappa shape index (κ1) is 13.5. The molecule has 0 atom stereocenters. The van der Waals surface area contributed by atoms with Crippen molar-refractivity contribution in [3.63, 3.8) is 0 Å². The summed E-state index contributed by atoms with van der Waals surface area (Å²) in [5, 5.41) is 5.16. The van der Waals surface area contributed by atoms with Gasteiger partial charge in [-0.05, 0) is 37.1 Å². The molecule has 0 saturated heterocycles. The number of hydrogen-bond acceptors (Lipinski definition) is 3. The van der Waals surface area contributed by atoms with Crippen LogP contribution in [0.15, 0.2) is 12.1 Å². The summed E-state index contributed by atoms with van der Waals surface area (Å²) in [6.07, 6.45) is 1.67. The van der Waals surface area contributed by atoms with Crippen LogP contribution in [0.5, 0.6) is 0 Å². The van der Waals surface area contributed by atoms with E-state index in [4.69, 9.17) is 5.73 Å². The van der Waals surface area contributed by atoms with E-state index in [9.17, 15) is 14.0 Å². The van der Waals surface area contributed by atoms with Crippen molar-refractivity contribution in [3.05, 3.63) is 23.5 Å². The molecule has 0 aliphatic carbocycles. The largest absolute Gasteiger partial charge is 0.330 e. The van der Waals surface area contributed by atoms with Gasteiger partial charge in [-0.1, -0.05) is 0 Å². The zero-order chi connectivity index (χ0) is 13.8. The Kier molecular flexibility index (Phi) is 4.11. The van der Waals surface area contributed by atoms with Gasteiger partial charge in [-0.15, -0.1) is 0 Å². The van der Waals surface area contributed by atoms with Crippen LogP contribution in [0.25, 0.3) is 0 Å². The summed E-state index contributed by atoms with van der Waals surface area (Å²) in [6.45, 7) is 0.413. The average molecular weight is 265 g/mol. The summed E-state index contributed by atoms with van der Waals surface area (Å²) in [6, 6.07) is 2.81. The van der Waals surface area contributed by atoms with Crippen molar-refractivity contribution in [3.8, 4) is 0 Å². The molecule has 0 radical (unpaired) electrons. The highest BCUT2D eigenvalue weighted by molar-refractivity contribution is 5.96. The van der Waals surface area contributed by atoms with E-state index < -0.39 is 5.82 Å². The number of benzene rings is 1. The maximum Gasteiger partial charge on any atom is 0.224 e. The first-order valence-corrected chi connectivity index (χ1v) is 6.22. The Morgan fingerprint density at radius 1 is 1.42 bits per heavy atom. The fraction of sp³-hybridized carbons (Fsp3) is 0.385. The Bertz CT molecular complexity index is 517. The fourth-order valence-corrected chi connectivity index (χ4v) is 1.97. The molecule has 0 saturated carbocycles. The van der Waals surface area contributed by atoms with Crippen LogP contribution in [-0.2, 0) is 16.0 Å². The summed E-state index contributed by atoms with van der Waals surface area (Å²) in [5.74, 6) is -0.873. The molecule has 4 N–H and O–H groups in total. The fourth-order valence-electron chi connectivity index (χ4n) is 1.97. The predicted octanol–water partition coefficient (Wildman–Crippen LogP) is 1.39. The van der Waals surface area contributed by atoms with Gasteiger partial charge < -0.3 is 16.4 Å². The lowest BCUT2D eigenvalue weighted by Gasteiger charge is -2.18. The van der Waals surface area contributed by atoms with Crippen molar-refractivity contribution in [1.29, 1.82) is 0 Å². The molecule has 6 heteroatoms. The van der Waals surface area contributed by atoms with Crippen molar-refractivity contribution in [2.75, 3.05) is 17.2 Å². The van der Waals surface area contributed by atoms with E-state index in [0.717, 1.165) is 5.56 Å². The number of nitrogens with two attached hydrogens (primary N) is 1. The average Bonchev–Trinajstić information content (AvgIpc) is 2.38. The van der Waals surface area contributed by atoms with Crippen molar-refractivity contribution in [1.82, 2.24) is 0 Å². The van der Waals surface area contributed by atoms with Crippen LogP contribution < -0.4 is 16.4 Å². The van der Waals surface area contributed by atoms with E-state index in [-0.39, 0.29) is 23.9 Å². The topological polar surface area (TPSA) is 84.2 Å². The van der Waals surface area contributed by atoms with Crippen LogP contribution >= 0.6 is 0 Å². The van der Waals surface area contributed by atoms with E-state index >= 15 is 0 Å². The molecule has 2 amide bonds. The van der Waals surface area contributed by atoms with Gasteiger partial charge in [0, 0.05) is 18.5 Å². The number of anilines is 2. The maximum absolute atomic E-state index is 13.8. The van der Waals surface area contributed by atoms with E-state index in [1.807, 2.05) is 0 Å². The smallest absolute Gasteiger partial charge is 0.224 e. The molecule has 0 aromatic heterocycles. The lowest BCUT2D eigenvalue weighted by molar-refractivity contribution is -0.117. The third-order valence-corrected chi connectivity index (χ3v) is 2.97. The molecule has 19 heavy (non-hydrogen) atoms. The van der Waals surface area contributed by atoms with Gasteiger partial charge in [0.05, 0.1) is 5.69 Å². The molecule has 1 aromatic carbocycles. The van der Waals surface area contributed by atoms with Crippen molar-refractivity contribution >= 4 is 23.2 Å². The van der Waals surface area contributed by atoms with E-state index in [2.05, 4.69) is 10.6 Å². The number of aryl methyl sites for hydroxylation is 1. The summed E-state index contributed by atoms with van der Waals surface area (Å²) in [5.41, 5.74) is 6.70. The van der Waals surface area contributed by atoms with Crippen LogP contribution in [0.4, 0.5) is 15.8 Å². The number of hydrogen-bond donors (Lipinski definition) is 3. The van der Waals surface area contributed by atoms with Crippen molar-refractivity contribution in [2.24, 2.45) is 5.73 Å². The molecule has 1 heterocycles. The SMILES string of the molecule is NCCCC(=O)Nc1cc2c(cc1F)CCC(=O)N2. The third kappa shape index (κ3) is 3.29. The minimum atomic E-state index is -0.490. The number of rotatable bonds is 4. The highest BCUT2D eigenvalue weighted by Crippen LogP contribution is 2.28. The molecule has 0 unspecified atom stereocenters. The molecule has 2 rings (SSSR count). The second-order valence-electron chi connectivity index (χ2n) is 4.48. The minimum Gasteiger partial charge on any atom is -0.330 e. The lowest BCUT2D eigenvalue weighted by atomic mass is 10.0. The third-order valence-electron chi connectivity index (χ3n) is 2.97. The Balaban J connectivity index is 2.15. The second kappa shape index (κ2) is 5.79. The normalized spacial score (nSPS) is 13.7. The minimum absolute atomic E-state index is 0.0861. The van der Waals surface area contributed by atoms with E-state index in [1.54, 1.807) is 0 Å². The second-order valence-corrected chi connectivity index (χ2v) is 4.48. The molecule has 1 aliphatic heterocycles. The number of carbonyl (C=O) groups is 2. The Morgan fingerprint density at radius 2 is 2.21 bits per heavy atom. The predicted molar refractivity (Wildman–Crippen MR) is 70.3 cm³/mol. The summed E-state index contributed by atoms with van der Waals surface area (Å²) >= 11 is 0. The highest BCUT2D eigenvalue weighted by Gasteiger charge is 2.18. The van der Waals surface area contributed by atoms with Crippen LogP contribution in [0.1, 0.15) is 24.8 Å². The van der Waals surface area contributed by atoms with Gasteiger partial charge in [-0.3, -0.25) is 9.59 Å². The number of fused-ring (bicyclic) bond motifs is 1. The number of amides is 2. The van der Waals surface area contributed by atoms with Crippen LogP contribution in [0, 0.1) is 5.82 Å². The quantitative estimate of drug-likeness (QED) is 0.769. The lowest BCUT2D eigenvalue weighted by Crippen LogP contribution is -2.20. The standard InChI is InChI=1S/C13H16FN3O2/c14-9-6-8-3-4-13(19)16-10(8)7-11(9)17-12(18)2-1-5-15/h6-7H,1-5,15H2,(H,16,19)(H,17,18). The van der Waals surface area contributed by atoms with Gasteiger partial charge in [-0.2, -0.15) is 0 Å². The van der Waals surface area contributed by atoms with Gasteiger partial charge in [0.25, 0.3) is 0 Å². The Labute approximate surface area is 110 Å². The number of halogens is 1. The Hall–Kier alpha value is -1.95. The molecular weight excluding hydrogens is 249 g/mol. The first-order valence-electron chi connectivity index (χ1n) is 6.22. The first-order chi connectivity index (χ1) is 9.10. The molecule has 1 aromatic rings. The monoisotopic (exact) mass is 265 g/mol. The molecular formula is C13H16FN3O2. The molecule has 1 aliphatic rings. The highest BCUT2D eigenvalue weighted by atomic mass is 19.1. The van der Waals surface area contributed by atoms with Gasteiger partial charge >= 0.3 is 0 Å². The zero-order valence-electron chi connectivity index (χ0n) is 10.5. The van der Waals surface area contributed by atoms with E-state index in [0.29, 0.717) is 31.5 Å². The molecule has 0 fully saturated rings. The number of carbonyl (C=O) groups excluding carboxylic acids is 2. The molecule has 0 bridgehead atoms. The van der Waals surface area contributed by atoms with Gasteiger partial charge in [0.1, 0.15) is 5.82 Å². The molecule has 5 nitrogen and oxygen atoms in total. The summed E-state index contributed by atoms with van der Waals surface area (Å²) in [7, 11) is 0. The van der Waals surface area contributed by atoms with Gasteiger partial charge in [0.2, 0.25) is 11.8 Å². The molecule has 102 valence electrons. The molecule has 0 spiro atoms. The van der Waals surface area contributed by atoms with Crippen LogP contribution in [0.3, 0.4) is 0 Å². The number of nitrogens with one attached hydrogen (secondary N) is 2. The van der Waals surface area contributed by atoms with E-state index in [1.165, 1.54) is 12.1 Å². The van der Waals surface area contributed by atoms with Crippen LogP contribution in [-0.4, -0.2) is 18.4 Å². The van der Waals surface area contributed by atoms with Gasteiger partial charge in [0.15, 0.2) is 0 Å². The van der Waals surface area contributed by atoms with Crippen molar-refractivity contribution < 1.29 is 14.0 Å². The maximum atomic E-state index is 13.8. The summed E-state index contributed by atoms with van der Waals surface area (Å²) in [4.78, 5) is 22.8. The zero-order valence-corrected chi connectivity index (χ0v) is 10.5. The Morgan fingerprint density at radius 3 is 2.95 bits per heavy atom.